The van der Waals surface area contributed by atoms with Crippen LogP contribution in [0, 0.1) is 6.92 Å². The number of carbonyl (C=O) groups excluding carboxylic acids is 1. The summed E-state index contributed by atoms with van der Waals surface area (Å²) in [5.41, 5.74) is 3.29. The summed E-state index contributed by atoms with van der Waals surface area (Å²) in [4.78, 5) is 15.6. The molecule has 8 heteroatoms. The van der Waals surface area contributed by atoms with Crippen LogP contribution in [0.15, 0.2) is 72.9 Å². The number of nitrogens with zero attached hydrogens (tertiary/aromatic N) is 2. The van der Waals surface area contributed by atoms with Crippen LogP contribution in [0.2, 0.25) is 0 Å². The molecular weight excluding hydrogens is 481 g/mol. The van der Waals surface area contributed by atoms with E-state index in [2.05, 4.69) is 4.57 Å². The van der Waals surface area contributed by atoms with Crippen molar-refractivity contribution in [1.82, 2.24) is 4.57 Å². The standard InChI is InChI=1S/C29H25F3N2O3/c1-18-13-19(10-11-22(18)23-8-4-5-9-24(23)29(30,31)32)28(35)34-17-21-7-6-12-33(21)16-20-14-26(36-2)27(37-3)15-25(20)34/h4-15H,16-17H2,1-3H3. The number of benzene rings is 3. The Kier molecular flexibility index (Phi) is 6.19. The van der Waals surface area contributed by atoms with E-state index in [0.29, 0.717) is 47.0 Å². The first-order valence-electron chi connectivity index (χ1n) is 11.7. The Labute approximate surface area is 212 Å². The lowest BCUT2D eigenvalue weighted by Crippen LogP contribution is -2.30. The second kappa shape index (κ2) is 9.35. The maximum Gasteiger partial charge on any atom is 0.417 e. The van der Waals surface area contributed by atoms with Gasteiger partial charge >= 0.3 is 6.18 Å². The van der Waals surface area contributed by atoms with Crippen molar-refractivity contribution >= 4 is 11.6 Å². The predicted octanol–water partition coefficient (Wildman–Crippen LogP) is 6.71. The minimum absolute atomic E-state index is 0.0845. The lowest BCUT2D eigenvalue weighted by Gasteiger charge is -2.24. The number of anilines is 1. The zero-order valence-corrected chi connectivity index (χ0v) is 20.6. The van der Waals surface area contributed by atoms with Gasteiger partial charge in [0.1, 0.15) is 0 Å². The second-order valence-corrected chi connectivity index (χ2v) is 8.93. The fourth-order valence-electron chi connectivity index (χ4n) is 4.87. The molecule has 0 unspecified atom stereocenters. The number of ether oxygens (including phenoxy) is 2. The molecule has 37 heavy (non-hydrogen) atoms. The number of aryl methyl sites for hydroxylation is 1. The molecule has 190 valence electrons. The number of methoxy groups -OCH3 is 2. The van der Waals surface area contributed by atoms with Crippen LogP contribution in [-0.2, 0) is 19.3 Å². The van der Waals surface area contributed by atoms with E-state index in [1.165, 1.54) is 19.2 Å². The van der Waals surface area contributed by atoms with Crippen LogP contribution in [0.25, 0.3) is 11.1 Å². The quantitative estimate of drug-likeness (QED) is 0.309. The number of fused-ring (bicyclic) bond motifs is 2. The average Bonchev–Trinajstić information content (AvgIpc) is 3.26. The Hall–Kier alpha value is -4.20. The number of hydrogen-bond acceptors (Lipinski definition) is 3. The topological polar surface area (TPSA) is 43.7 Å². The Morgan fingerprint density at radius 1 is 0.865 bits per heavy atom. The predicted molar refractivity (Wildman–Crippen MR) is 135 cm³/mol. The Bertz CT molecular complexity index is 1490. The molecule has 1 aliphatic heterocycles. The maximum absolute atomic E-state index is 13.9. The largest absolute Gasteiger partial charge is 0.493 e. The third kappa shape index (κ3) is 4.43. The molecule has 0 aliphatic carbocycles. The van der Waals surface area contributed by atoms with Gasteiger partial charge in [-0.05, 0) is 65.6 Å². The monoisotopic (exact) mass is 506 g/mol. The summed E-state index contributed by atoms with van der Waals surface area (Å²) in [5.74, 6) is 0.801. The molecule has 0 radical (unpaired) electrons. The molecule has 1 aliphatic rings. The van der Waals surface area contributed by atoms with Crippen molar-refractivity contribution in [1.29, 1.82) is 0 Å². The molecule has 0 bridgehead atoms. The molecule has 1 aromatic heterocycles. The minimum atomic E-state index is -4.48. The van der Waals surface area contributed by atoms with Crippen molar-refractivity contribution in [2.45, 2.75) is 26.2 Å². The highest BCUT2D eigenvalue weighted by atomic mass is 19.4. The molecule has 4 aromatic rings. The van der Waals surface area contributed by atoms with E-state index in [1.54, 1.807) is 49.3 Å². The van der Waals surface area contributed by atoms with Gasteiger partial charge in [-0.2, -0.15) is 13.2 Å². The summed E-state index contributed by atoms with van der Waals surface area (Å²) in [5, 5.41) is 0. The number of halogens is 3. The molecule has 0 fully saturated rings. The van der Waals surface area contributed by atoms with Gasteiger partial charge in [-0.3, -0.25) is 4.79 Å². The minimum Gasteiger partial charge on any atom is -0.493 e. The normalized spacial score (nSPS) is 13.0. The van der Waals surface area contributed by atoms with Gasteiger partial charge in [0.15, 0.2) is 11.5 Å². The van der Waals surface area contributed by atoms with Gasteiger partial charge in [-0.1, -0.05) is 24.3 Å². The van der Waals surface area contributed by atoms with E-state index in [0.717, 1.165) is 17.3 Å². The highest BCUT2D eigenvalue weighted by molar-refractivity contribution is 6.07. The highest BCUT2D eigenvalue weighted by Crippen LogP contribution is 2.40. The highest BCUT2D eigenvalue weighted by Gasteiger charge is 2.34. The van der Waals surface area contributed by atoms with Crippen molar-refractivity contribution in [3.05, 3.63) is 101 Å². The fraction of sp³-hybridized carbons (Fsp3) is 0.207. The molecule has 0 saturated carbocycles. The van der Waals surface area contributed by atoms with E-state index in [-0.39, 0.29) is 11.5 Å². The van der Waals surface area contributed by atoms with Gasteiger partial charge in [0.2, 0.25) is 0 Å². The first-order chi connectivity index (χ1) is 17.7. The van der Waals surface area contributed by atoms with Gasteiger partial charge in [-0.15, -0.1) is 0 Å². The van der Waals surface area contributed by atoms with Crippen LogP contribution >= 0.6 is 0 Å². The van der Waals surface area contributed by atoms with Gasteiger partial charge < -0.3 is 18.9 Å². The summed E-state index contributed by atoms with van der Waals surface area (Å²) in [6.07, 6.45) is -2.52. The number of amides is 1. The van der Waals surface area contributed by atoms with E-state index in [1.807, 2.05) is 24.4 Å². The number of rotatable bonds is 4. The van der Waals surface area contributed by atoms with Crippen LogP contribution < -0.4 is 14.4 Å². The maximum atomic E-state index is 13.9. The second-order valence-electron chi connectivity index (χ2n) is 8.93. The molecule has 0 spiro atoms. The summed E-state index contributed by atoms with van der Waals surface area (Å²) in [6.45, 7) is 2.59. The van der Waals surface area contributed by atoms with Crippen LogP contribution in [0.3, 0.4) is 0 Å². The van der Waals surface area contributed by atoms with Crippen molar-refractivity contribution in [2.75, 3.05) is 19.1 Å². The third-order valence-electron chi connectivity index (χ3n) is 6.70. The van der Waals surface area contributed by atoms with Crippen molar-refractivity contribution in [2.24, 2.45) is 0 Å². The molecule has 5 nitrogen and oxygen atoms in total. The summed E-state index contributed by atoms with van der Waals surface area (Å²) in [6, 6.07) is 17.8. The molecule has 0 saturated heterocycles. The van der Waals surface area contributed by atoms with Gasteiger partial charge in [0, 0.05) is 30.1 Å². The zero-order chi connectivity index (χ0) is 26.3. The van der Waals surface area contributed by atoms with Gasteiger partial charge in [0.05, 0.1) is 32.0 Å². The molecule has 5 rings (SSSR count). The van der Waals surface area contributed by atoms with Crippen molar-refractivity contribution in [3.8, 4) is 22.6 Å². The van der Waals surface area contributed by atoms with Crippen LogP contribution in [0.1, 0.15) is 32.7 Å². The smallest absolute Gasteiger partial charge is 0.417 e. The lowest BCUT2D eigenvalue weighted by molar-refractivity contribution is -0.137. The summed E-state index contributed by atoms with van der Waals surface area (Å²) < 4.78 is 53.9. The molecular formula is C29H25F3N2O3. The van der Waals surface area contributed by atoms with Gasteiger partial charge in [0.25, 0.3) is 5.91 Å². The van der Waals surface area contributed by atoms with Crippen molar-refractivity contribution in [3.63, 3.8) is 0 Å². The summed E-state index contributed by atoms with van der Waals surface area (Å²) in [7, 11) is 3.10. The molecule has 1 amide bonds. The number of alkyl halides is 3. The Morgan fingerprint density at radius 3 is 2.30 bits per heavy atom. The summed E-state index contributed by atoms with van der Waals surface area (Å²) >= 11 is 0. The number of hydrogen-bond donors (Lipinski definition) is 0. The Morgan fingerprint density at radius 2 is 1.59 bits per heavy atom. The van der Waals surface area contributed by atoms with Gasteiger partial charge in [-0.25, -0.2) is 0 Å². The number of aromatic nitrogens is 1. The zero-order valence-electron chi connectivity index (χ0n) is 20.6. The SMILES string of the molecule is COc1cc2c(cc1OC)N(C(=O)c1ccc(-c3ccccc3C(F)(F)F)c(C)c1)Cc1cccn1C2. The molecule has 3 aromatic carbocycles. The van der Waals surface area contributed by atoms with Crippen LogP contribution in [-0.4, -0.2) is 24.7 Å². The molecule has 0 atom stereocenters. The van der Waals surface area contributed by atoms with Crippen LogP contribution in [0.4, 0.5) is 18.9 Å². The lowest BCUT2D eigenvalue weighted by atomic mass is 9.94. The first-order valence-corrected chi connectivity index (χ1v) is 11.7. The van der Waals surface area contributed by atoms with E-state index >= 15 is 0 Å². The first kappa shape index (κ1) is 24.5. The van der Waals surface area contributed by atoms with E-state index < -0.39 is 11.7 Å². The molecule has 2 heterocycles. The third-order valence-corrected chi connectivity index (χ3v) is 6.70. The molecule has 0 N–H and O–H groups in total. The Balaban J connectivity index is 1.58. The average molecular weight is 507 g/mol. The number of carbonyl (C=O) groups is 1. The van der Waals surface area contributed by atoms with Crippen molar-refractivity contribution < 1.29 is 27.4 Å². The van der Waals surface area contributed by atoms with Crippen LogP contribution in [0.5, 0.6) is 11.5 Å². The fourth-order valence-corrected chi connectivity index (χ4v) is 4.87. The van der Waals surface area contributed by atoms with E-state index in [9.17, 15) is 18.0 Å². The van der Waals surface area contributed by atoms with E-state index in [4.69, 9.17) is 9.47 Å².